The fraction of sp³-hybridized carbons (Fsp3) is 0.818. The molecule has 0 aromatic carbocycles. The van der Waals surface area contributed by atoms with E-state index in [1.165, 1.54) is 12.0 Å². The zero-order valence-electron chi connectivity index (χ0n) is 15.8. The van der Waals surface area contributed by atoms with Crippen molar-refractivity contribution in [1.29, 1.82) is 5.26 Å². The van der Waals surface area contributed by atoms with Gasteiger partial charge in [-0.05, 0) is 74.0 Å². The van der Waals surface area contributed by atoms with Gasteiger partial charge in [-0.25, -0.2) is 0 Å². The van der Waals surface area contributed by atoms with Crippen LogP contribution >= 0.6 is 0 Å². The number of hydrogen-bond donors (Lipinski definition) is 1. The lowest BCUT2D eigenvalue weighted by Crippen LogP contribution is -2.50. The smallest absolute Gasteiger partial charge is 0.138 e. The van der Waals surface area contributed by atoms with Gasteiger partial charge in [0.25, 0.3) is 0 Å². The highest BCUT2D eigenvalue weighted by atomic mass is 16.3. The number of ketones is 1. The van der Waals surface area contributed by atoms with E-state index in [2.05, 4.69) is 26.0 Å². The largest absolute Gasteiger partial charge is 0.393 e. The van der Waals surface area contributed by atoms with E-state index in [1.54, 1.807) is 0 Å². The van der Waals surface area contributed by atoms with Gasteiger partial charge in [0.05, 0.1) is 18.1 Å². The van der Waals surface area contributed by atoms with Crippen LogP contribution in [0, 0.1) is 51.8 Å². The molecule has 4 aliphatic rings. The van der Waals surface area contributed by atoms with Crippen LogP contribution in [0.4, 0.5) is 0 Å². The lowest BCUT2D eigenvalue weighted by Gasteiger charge is -2.57. The number of nitriles is 1. The molecular formula is C22H31NO2. The van der Waals surface area contributed by atoms with Crippen LogP contribution in [0.1, 0.15) is 65.7 Å². The zero-order chi connectivity index (χ0) is 18.0. The van der Waals surface area contributed by atoms with Crippen LogP contribution in [0.3, 0.4) is 0 Å². The van der Waals surface area contributed by atoms with Crippen molar-refractivity contribution in [2.24, 2.45) is 40.4 Å². The Hall–Kier alpha value is -1.14. The van der Waals surface area contributed by atoms with Gasteiger partial charge >= 0.3 is 0 Å². The van der Waals surface area contributed by atoms with E-state index in [4.69, 9.17) is 0 Å². The molecule has 3 nitrogen and oxygen atoms in total. The Kier molecular flexibility index (Phi) is 3.93. The Morgan fingerprint density at radius 3 is 2.72 bits per heavy atom. The highest BCUT2D eigenvalue weighted by Gasteiger charge is 2.61. The van der Waals surface area contributed by atoms with Crippen LogP contribution in [-0.2, 0) is 4.79 Å². The van der Waals surface area contributed by atoms with Gasteiger partial charge in [0.15, 0.2) is 0 Å². The number of carbonyl (C=O) groups is 1. The van der Waals surface area contributed by atoms with E-state index in [-0.39, 0.29) is 28.8 Å². The summed E-state index contributed by atoms with van der Waals surface area (Å²) in [7, 11) is 0. The van der Waals surface area contributed by atoms with E-state index in [1.807, 2.05) is 6.92 Å². The number of aliphatic hydroxyl groups excluding tert-OH is 1. The number of nitrogens with zero attached hydrogens (tertiary/aromatic N) is 1. The standard InChI is InChI=1S/C22H31NO2/c1-13(12-23)20-19(25)11-18-16-5-4-14-10-15(24)6-8-21(14,2)17(16)7-9-22(18,20)3/h4,13,15-18,20,24H,5-11H2,1-3H3/t13-,15?,16?,17+,18+,20+,21?,22?/m1/s1. The minimum atomic E-state index is -0.172. The van der Waals surface area contributed by atoms with E-state index in [9.17, 15) is 15.2 Å². The average Bonchev–Trinajstić information content (AvgIpc) is 2.85. The molecule has 8 atom stereocenters. The molecule has 0 saturated heterocycles. The predicted molar refractivity (Wildman–Crippen MR) is 96.4 cm³/mol. The average molecular weight is 341 g/mol. The fourth-order valence-corrected chi connectivity index (χ4v) is 7.40. The Labute approximate surface area is 151 Å². The highest BCUT2D eigenvalue weighted by Crippen LogP contribution is 2.66. The van der Waals surface area contributed by atoms with Crippen LogP contribution in [0.2, 0.25) is 0 Å². The molecule has 3 fully saturated rings. The van der Waals surface area contributed by atoms with Crippen molar-refractivity contribution >= 4 is 5.78 Å². The van der Waals surface area contributed by atoms with Crippen molar-refractivity contribution in [2.45, 2.75) is 71.8 Å². The first-order valence-corrected chi connectivity index (χ1v) is 10.1. The third-order valence-corrected chi connectivity index (χ3v) is 8.70. The van der Waals surface area contributed by atoms with E-state index in [0.29, 0.717) is 30.0 Å². The first-order valence-electron chi connectivity index (χ1n) is 10.1. The van der Waals surface area contributed by atoms with Crippen LogP contribution in [0.25, 0.3) is 0 Å². The minimum absolute atomic E-state index is 0.00325. The fourth-order valence-electron chi connectivity index (χ4n) is 7.40. The lowest BCUT2D eigenvalue weighted by atomic mass is 9.47. The number of aliphatic hydroxyl groups is 1. The Bertz CT molecular complexity index is 661. The third-order valence-electron chi connectivity index (χ3n) is 8.70. The highest BCUT2D eigenvalue weighted by molar-refractivity contribution is 5.85. The molecule has 3 heteroatoms. The van der Waals surface area contributed by atoms with Crippen LogP contribution in [0.15, 0.2) is 11.6 Å². The van der Waals surface area contributed by atoms with Crippen molar-refractivity contribution in [3.63, 3.8) is 0 Å². The van der Waals surface area contributed by atoms with Gasteiger partial charge in [-0.3, -0.25) is 4.79 Å². The summed E-state index contributed by atoms with van der Waals surface area (Å²) >= 11 is 0. The Balaban J connectivity index is 1.68. The number of carbonyl (C=O) groups excluding carboxylic acids is 1. The summed E-state index contributed by atoms with van der Waals surface area (Å²) in [5, 5.41) is 19.5. The van der Waals surface area contributed by atoms with Gasteiger partial charge in [-0.15, -0.1) is 0 Å². The molecule has 0 aromatic rings. The molecule has 136 valence electrons. The zero-order valence-corrected chi connectivity index (χ0v) is 15.8. The first kappa shape index (κ1) is 17.3. The maximum atomic E-state index is 12.8. The second-order valence-corrected chi connectivity index (χ2v) is 9.77. The van der Waals surface area contributed by atoms with E-state index < -0.39 is 0 Å². The van der Waals surface area contributed by atoms with Gasteiger partial charge in [-0.1, -0.05) is 25.5 Å². The van der Waals surface area contributed by atoms with Gasteiger partial charge in [0.2, 0.25) is 0 Å². The molecule has 4 unspecified atom stereocenters. The Morgan fingerprint density at radius 2 is 2.00 bits per heavy atom. The van der Waals surface area contributed by atoms with Crippen molar-refractivity contribution in [2.75, 3.05) is 0 Å². The Morgan fingerprint density at radius 1 is 1.24 bits per heavy atom. The number of hydrogen-bond acceptors (Lipinski definition) is 3. The second kappa shape index (κ2) is 5.68. The quantitative estimate of drug-likeness (QED) is 0.725. The third kappa shape index (κ3) is 2.29. The molecular weight excluding hydrogens is 310 g/mol. The van der Waals surface area contributed by atoms with Gasteiger partial charge in [0.1, 0.15) is 5.78 Å². The molecule has 0 radical (unpaired) electrons. The number of rotatable bonds is 1. The summed E-state index contributed by atoms with van der Waals surface area (Å²) in [6, 6.07) is 2.36. The maximum absolute atomic E-state index is 12.8. The molecule has 0 spiro atoms. The topological polar surface area (TPSA) is 61.1 Å². The summed E-state index contributed by atoms with van der Waals surface area (Å²) in [5.41, 5.74) is 1.69. The van der Waals surface area contributed by atoms with Crippen LogP contribution in [0.5, 0.6) is 0 Å². The van der Waals surface area contributed by atoms with E-state index >= 15 is 0 Å². The van der Waals surface area contributed by atoms with Crippen molar-refractivity contribution in [1.82, 2.24) is 0 Å². The predicted octanol–water partition coefficient (Wildman–Crippen LogP) is 4.26. The molecule has 4 rings (SSSR count). The van der Waals surface area contributed by atoms with Crippen molar-refractivity contribution in [3.05, 3.63) is 11.6 Å². The van der Waals surface area contributed by atoms with E-state index in [0.717, 1.165) is 32.1 Å². The normalized spacial score (nSPS) is 50.1. The van der Waals surface area contributed by atoms with Gasteiger partial charge < -0.3 is 5.11 Å². The summed E-state index contributed by atoms with van der Waals surface area (Å²) in [4.78, 5) is 12.8. The molecule has 0 amide bonds. The summed E-state index contributed by atoms with van der Waals surface area (Å²) in [6.45, 7) is 6.64. The monoisotopic (exact) mass is 341 g/mol. The van der Waals surface area contributed by atoms with Gasteiger partial charge in [-0.2, -0.15) is 5.26 Å². The molecule has 0 bridgehead atoms. The SMILES string of the molecule is C[C@H](C#N)[C@H]1C(=O)C[C@H]2C3CC=C4CC(O)CCC4(C)[C@H]3CCC12C. The molecule has 3 saturated carbocycles. The molecule has 0 heterocycles. The summed E-state index contributed by atoms with van der Waals surface area (Å²) < 4.78 is 0. The van der Waals surface area contributed by atoms with Gasteiger partial charge in [0, 0.05) is 12.3 Å². The number of fused-ring (bicyclic) bond motifs is 5. The molecule has 0 aliphatic heterocycles. The molecule has 1 N–H and O–H groups in total. The number of allylic oxidation sites excluding steroid dienone is 1. The second-order valence-electron chi connectivity index (χ2n) is 9.77. The molecule has 25 heavy (non-hydrogen) atoms. The maximum Gasteiger partial charge on any atom is 0.138 e. The van der Waals surface area contributed by atoms with Crippen LogP contribution in [-0.4, -0.2) is 17.0 Å². The van der Waals surface area contributed by atoms with Crippen molar-refractivity contribution < 1.29 is 9.90 Å². The summed E-state index contributed by atoms with van der Waals surface area (Å²) in [6.07, 6.45) is 9.05. The minimum Gasteiger partial charge on any atom is -0.393 e. The first-order chi connectivity index (χ1) is 11.8. The van der Waals surface area contributed by atoms with Crippen molar-refractivity contribution in [3.8, 4) is 6.07 Å². The summed E-state index contributed by atoms with van der Waals surface area (Å²) in [5.74, 6) is 1.73. The molecule has 4 aliphatic carbocycles. The molecule has 0 aromatic heterocycles. The van der Waals surface area contributed by atoms with Crippen LogP contribution < -0.4 is 0 Å². The number of Topliss-reactive ketones (excluding diaryl/α,β-unsaturated/α-hetero) is 1. The lowest BCUT2D eigenvalue weighted by molar-refractivity contribution is -0.123.